The van der Waals surface area contributed by atoms with Gasteiger partial charge in [-0.3, -0.25) is 9.29 Å². The molecule has 25 heavy (non-hydrogen) atoms. The van der Waals surface area contributed by atoms with Gasteiger partial charge >= 0.3 is 0 Å². The van der Waals surface area contributed by atoms with Crippen molar-refractivity contribution in [1.29, 1.82) is 0 Å². The number of anilines is 1. The minimum Gasteiger partial charge on any atom is -0.506 e. The maximum absolute atomic E-state index is 13.1. The zero-order valence-electron chi connectivity index (χ0n) is 13.1. The SMILES string of the molecule is O=S(=O)(c1ccc(Cl)cc1)N(Cc1ccccn1)c1ccccc1O. The van der Waals surface area contributed by atoms with Crippen LogP contribution in [0.5, 0.6) is 5.75 Å². The Morgan fingerprint density at radius 2 is 1.64 bits per heavy atom. The third-order valence-electron chi connectivity index (χ3n) is 3.58. The molecule has 0 aliphatic rings. The molecule has 1 heterocycles. The van der Waals surface area contributed by atoms with Crippen molar-refractivity contribution < 1.29 is 13.5 Å². The van der Waals surface area contributed by atoms with E-state index >= 15 is 0 Å². The van der Waals surface area contributed by atoms with Crippen LogP contribution in [0.4, 0.5) is 5.69 Å². The Morgan fingerprint density at radius 3 is 2.28 bits per heavy atom. The van der Waals surface area contributed by atoms with Crippen LogP contribution in [0, 0.1) is 0 Å². The van der Waals surface area contributed by atoms with Gasteiger partial charge in [0.15, 0.2) is 0 Å². The van der Waals surface area contributed by atoms with Gasteiger partial charge < -0.3 is 5.11 Å². The highest BCUT2D eigenvalue weighted by Gasteiger charge is 2.27. The van der Waals surface area contributed by atoms with Crippen molar-refractivity contribution in [3.63, 3.8) is 0 Å². The summed E-state index contributed by atoms with van der Waals surface area (Å²) in [4.78, 5) is 4.27. The summed E-state index contributed by atoms with van der Waals surface area (Å²) in [7, 11) is -3.92. The number of halogens is 1. The minimum absolute atomic E-state index is 0.0105. The third-order valence-corrected chi connectivity index (χ3v) is 5.61. The van der Waals surface area contributed by atoms with Crippen molar-refractivity contribution >= 4 is 27.3 Å². The molecule has 5 nitrogen and oxygen atoms in total. The highest BCUT2D eigenvalue weighted by molar-refractivity contribution is 7.92. The first-order valence-corrected chi connectivity index (χ1v) is 9.26. The number of hydrogen-bond donors (Lipinski definition) is 1. The molecule has 0 aliphatic carbocycles. The molecule has 0 saturated carbocycles. The lowest BCUT2D eigenvalue weighted by atomic mass is 10.3. The molecule has 0 fully saturated rings. The molecule has 1 N–H and O–H groups in total. The van der Waals surface area contributed by atoms with Gasteiger partial charge in [-0.05, 0) is 48.5 Å². The van der Waals surface area contributed by atoms with Crippen LogP contribution < -0.4 is 4.31 Å². The molecule has 0 radical (unpaired) electrons. The fraction of sp³-hybridized carbons (Fsp3) is 0.0556. The van der Waals surface area contributed by atoms with E-state index in [4.69, 9.17) is 11.6 Å². The first-order valence-electron chi connectivity index (χ1n) is 7.45. The van der Waals surface area contributed by atoms with Crippen LogP contribution in [0.25, 0.3) is 0 Å². The standard InChI is InChI=1S/C18H15ClN2O3S/c19-14-8-10-16(11-9-14)25(23,24)21(13-15-5-3-4-12-20-15)17-6-1-2-7-18(17)22/h1-12,22H,13H2. The Bertz CT molecular complexity index is 961. The highest BCUT2D eigenvalue weighted by atomic mass is 35.5. The lowest BCUT2D eigenvalue weighted by Gasteiger charge is -2.25. The summed E-state index contributed by atoms with van der Waals surface area (Å²) in [6.07, 6.45) is 1.59. The van der Waals surface area contributed by atoms with Crippen LogP contribution in [0.2, 0.25) is 5.02 Å². The van der Waals surface area contributed by atoms with E-state index in [0.717, 1.165) is 4.31 Å². The molecule has 0 amide bonds. The van der Waals surface area contributed by atoms with E-state index in [1.165, 1.54) is 30.3 Å². The lowest BCUT2D eigenvalue weighted by molar-refractivity contribution is 0.475. The van der Waals surface area contributed by atoms with Crippen molar-refractivity contribution in [2.75, 3.05) is 4.31 Å². The first-order chi connectivity index (χ1) is 12.0. The summed E-state index contributed by atoms with van der Waals surface area (Å²) in [5.41, 5.74) is 0.742. The number of phenols is 1. The normalized spacial score (nSPS) is 11.2. The van der Waals surface area contributed by atoms with E-state index in [0.29, 0.717) is 10.7 Å². The van der Waals surface area contributed by atoms with Crippen molar-refractivity contribution in [2.24, 2.45) is 0 Å². The summed E-state index contributed by atoms with van der Waals surface area (Å²) in [6, 6.07) is 17.4. The third kappa shape index (κ3) is 3.75. The van der Waals surface area contributed by atoms with Crippen molar-refractivity contribution in [2.45, 2.75) is 11.4 Å². The average Bonchev–Trinajstić information content (AvgIpc) is 2.62. The quantitative estimate of drug-likeness (QED) is 0.736. The number of para-hydroxylation sites is 2. The molecule has 0 saturated heterocycles. The van der Waals surface area contributed by atoms with Gasteiger partial charge in [0.25, 0.3) is 10.0 Å². The number of sulfonamides is 1. The van der Waals surface area contributed by atoms with Gasteiger partial charge in [0, 0.05) is 11.2 Å². The van der Waals surface area contributed by atoms with Crippen molar-refractivity contribution in [3.8, 4) is 5.75 Å². The summed E-state index contributed by atoms with van der Waals surface area (Å²) < 4.78 is 27.4. The summed E-state index contributed by atoms with van der Waals surface area (Å²) in [5, 5.41) is 10.6. The van der Waals surface area contributed by atoms with E-state index in [1.54, 1.807) is 42.6 Å². The molecule has 2 aromatic carbocycles. The molecule has 1 aromatic heterocycles. The van der Waals surface area contributed by atoms with Gasteiger partial charge in [0.05, 0.1) is 22.8 Å². The smallest absolute Gasteiger partial charge is 0.264 e. The Balaban J connectivity index is 2.10. The molecule has 3 rings (SSSR count). The molecule has 0 bridgehead atoms. The van der Waals surface area contributed by atoms with Gasteiger partial charge in [0.1, 0.15) is 5.75 Å². The van der Waals surface area contributed by atoms with Crippen LogP contribution in [0.1, 0.15) is 5.69 Å². The van der Waals surface area contributed by atoms with Gasteiger partial charge in [-0.25, -0.2) is 8.42 Å². The highest BCUT2D eigenvalue weighted by Crippen LogP contribution is 2.32. The number of aromatic nitrogens is 1. The fourth-order valence-electron chi connectivity index (χ4n) is 2.35. The topological polar surface area (TPSA) is 70.5 Å². The van der Waals surface area contributed by atoms with Gasteiger partial charge in [0.2, 0.25) is 0 Å². The maximum Gasteiger partial charge on any atom is 0.264 e. The average molecular weight is 375 g/mol. The maximum atomic E-state index is 13.1. The number of rotatable bonds is 5. The molecular weight excluding hydrogens is 360 g/mol. The predicted octanol–water partition coefficient (Wildman–Crippen LogP) is 3.84. The zero-order chi connectivity index (χ0) is 17.9. The second kappa shape index (κ2) is 7.13. The number of pyridine rings is 1. The minimum atomic E-state index is -3.92. The van der Waals surface area contributed by atoms with Crippen molar-refractivity contribution in [3.05, 3.63) is 83.6 Å². The summed E-state index contributed by atoms with van der Waals surface area (Å²) >= 11 is 5.85. The predicted molar refractivity (Wildman–Crippen MR) is 97.2 cm³/mol. The molecule has 7 heteroatoms. The lowest BCUT2D eigenvalue weighted by Crippen LogP contribution is -2.31. The molecule has 0 unspecified atom stereocenters. The van der Waals surface area contributed by atoms with E-state index in [-0.39, 0.29) is 22.9 Å². The molecule has 3 aromatic rings. The molecule has 0 atom stereocenters. The Kier molecular flexibility index (Phi) is 4.92. The second-order valence-electron chi connectivity index (χ2n) is 5.28. The number of phenolic OH excluding ortho intramolecular Hbond substituents is 1. The van der Waals surface area contributed by atoms with E-state index in [2.05, 4.69) is 4.98 Å². The Morgan fingerprint density at radius 1 is 0.960 bits per heavy atom. The summed E-state index contributed by atoms with van der Waals surface area (Å²) in [5.74, 6) is -0.129. The van der Waals surface area contributed by atoms with Gasteiger partial charge in [-0.15, -0.1) is 0 Å². The van der Waals surface area contributed by atoms with E-state index in [1.807, 2.05) is 0 Å². The van der Waals surface area contributed by atoms with Crippen LogP contribution in [0.15, 0.2) is 77.8 Å². The Labute approximate surface area is 151 Å². The zero-order valence-corrected chi connectivity index (χ0v) is 14.7. The molecule has 0 spiro atoms. The molecule has 128 valence electrons. The van der Waals surface area contributed by atoms with Crippen molar-refractivity contribution in [1.82, 2.24) is 4.98 Å². The number of nitrogens with zero attached hydrogens (tertiary/aromatic N) is 2. The summed E-state index contributed by atoms with van der Waals surface area (Å²) in [6.45, 7) is -0.0105. The van der Waals surface area contributed by atoms with Crippen LogP contribution in [0.3, 0.4) is 0 Å². The van der Waals surface area contributed by atoms with Gasteiger partial charge in [-0.1, -0.05) is 29.8 Å². The van der Waals surface area contributed by atoms with Crippen LogP contribution in [-0.2, 0) is 16.6 Å². The van der Waals surface area contributed by atoms with E-state index < -0.39 is 10.0 Å². The fourth-order valence-corrected chi connectivity index (χ4v) is 3.92. The number of hydrogen-bond acceptors (Lipinski definition) is 4. The second-order valence-corrected chi connectivity index (χ2v) is 7.57. The molecule has 0 aliphatic heterocycles. The molecular formula is C18H15ClN2O3S. The van der Waals surface area contributed by atoms with Crippen LogP contribution in [-0.4, -0.2) is 18.5 Å². The van der Waals surface area contributed by atoms with Crippen LogP contribution >= 0.6 is 11.6 Å². The first kappa shape index (κ1) is 17.3. The number of benzene rings is 2. The number of aromatic hydroxyl groups is 1. The van der Waals surface area contributed by atoms with Gasteiger partial charge in [-0.2, -0.15) is 0 Å². The Hall–Kier alpha value is -2.57. The largest absolute Gasteiger partial charge is 0.506 e. The van der Waals surface area contributed by atoms with E-state index in [9.17, 15) is 13.5 Å². The monoisotopic (exact) mass is 374 g/mol.